The van der Waals surface area contributed by atoms with E-state index in [1.165, 1.54) is 26.0 Å². The molecule has 1 aliphatic heterocycles. The van der Waals surface area contributed by atoms with Crippen LogP contribution in [0.1, 0.15) is 38.1 Å². The van der Waals surface area contributed by atoms with Gasteiger partial charge in [0.2, 0.25) is 12.2 Å². The fourth-order valence-corrected chi connectivity index (χ4v) is 3.14. The van der Waals surface area contributed by atoms with Gasteiger partial charge < -0.3 is 29.0 Å². The molecular weight excluding hydrogens is 426 g/mol. The molecule has 1 amide bonds. The summed E-state index contributed by atoms with van der Waals surface area (Å²) in [6.45, 7) is 4.23. The predicted molar refractivity (Wildman–Crippen MR) is 106 cm³/mol. The number of amides is 1. The van der Waals surface area contributed by atoms with Gasteiger partial charge in [-0.3, -0.25) is 19.2 Å². The van der Waals surface area contributed by atoms with Crippen LogP contribution in [-0.4, -0.2) is 67.0 Å². The van der Waals surface area contributed by atoms with Gasteiger partial charge in [-0.2, -0.15) is 0 Å². The Bertz CT molecular complexity index is 855. The van der Waals surface area contributed by atoms with E-state index in [9.17, 15) is 24.0 Å². The minimum Gasteiger partial charge on any atom is -0.463 e. The topological polar surface area (TPSA) is 144 Å². The Balaban J connectivity index is 2.42. The molecule has 1 saturated heterocycles. The van der Waals surface area contributed by atoms with E-state index in [-0.39, 0.29) is 5.56 Å². The molecule has 0 aliphatic carbocycles. The molecule has 11 heteroatoms. The maximum Gasteiger partial charge on any atom is 0.340 e. The molecular formula is C21H25NO10. The van der Waals surface area contributed by atoms with Gasteiger partial charge in [-0.25, -0.2) is 4.79 Å². The standard InChI is InChI=1S/C21H25NO10/c1-11(23)22-17-19(30-14(4)26)18(29-13(3)25)16(10-28-12(2)24)31-21(17)32-20(27)15-8-6-5-7-9-15/h5-9,16-19,21H,10H2,1-4H3,(H,22,23)/t16-,17+,18-,19-,21?/m1/s1. The lowest BCUT2D eigenvalue weighted by molar-refractivity contribution is -0.263. The minimum absolute atomic E-state index is 0.209. The van der Waals surface area contributed by atoms with Crippen molar-refractivity contribution in [2.45, 2.75) is 58.3 Å². The number of ether oxygens (including phenoxy) is 5. The number of esters is 4. The minimum atomic E-state index is -1.46. The van der Waals surface area contributed by atoms with Crippen molar-refractivity contribution < 1.29 is 47.7 Å². The summed E-state index contributed by atoms with van der Waals surface area (Å²) in [6.07, 6.45) is -5.18. The van der Waals surface area contributed by atoms with Crippen molar-refractivity contribution in [1.29, 1.82) is 0 Å². The first-order valence-electron chi connectivity index (χ1n) is 9.75. The lowest BCUT2D eigenvalue weighted by atomic mass is 9.96. The summed E-state index contributed by atoms with van der Waals surface area (Å²) in [5.74, 6) is -3.43. The third kappa shape index (κ3) is 7.05. The number of carbonyl (C=O) groups excluding carboxylic acids is 5. The van der Waals surface area contributed by atoms with Crippen molar-refractivity contribution in [3.05, 3.63) is 35.9 Å². The first-order chi connectivity index (χ1) is 15.1. The first-order valence-corrected chi connectivity index (χ1v) is 9.75. The van der Waals surface area contributed by atoms with Gasteiger partial charge in [-0.1, -0.05) is 18.2 Å². The van der Waals surface area contributed by atoms with Crippen LogP contribution in [0.2, 0.25) is 0 Å². The van der Waals surface area contributed by atoms with E-state index in [0.29, 0.717) is 0 Å². The van der Waals surface area contributed by atoms with Gasteiger partial charge in [-0.05, 0) is 12.1 Å². The zero-order valence-electron chi connectivity index (χ0n) is 18.1. The monoisotopic (exact) mass is 451 g/mol. The molecule has 1 heterocycles. The highest BCUT2D eigenvalue weighted by Crippen LogP contribution is 2.28. The number of benzene rings is 1. The van der Waals surface area contributed by atoms with Gasteiger partial charge >= 0.3 is 23.9 Å². The van der Waals surface area contributed by atoms with Crippen LogP contribution in [0.3, 0.4) is 0 Å². The number of hydrogen-bond acceptors (Lipinski definition) is 10. The van der Waals surface area contributed by atoms with Gasteiger partial charge in [0.05, 0.1) is 5.56 Å². The number of rotatable bonds is 7. The Hall–Kier alpha value is -3.47. The molecule has 174 valence electrons. The Morgan fingerprint density at radius 3 is 1.97 bits per heavy atom. The van der Waals surface area contributed by atoms with Gasteiger partial charge in [0.25, 0.3) is 0 Å². The third-order valence-electron chi connectivity index (χ3n) is 4.30. The molecule has 5 atom stereocenters. The molecule has 11 nitrogen and oxygen atoms in total. The van der Waals surface area contributed by atoms with E-state index in [4.69, 9.17) is 23.7 Å². The van der Waals surface area contributed by atoms with E-state index < -0.39 is 67.0 Å². The summed E-state index contributed by atoms with van der Waals surface area (Å²) in [4.78, 5) is 59.3. The Kier molecular flexibility index (Phi) is 8.71. The van der Waals surface area contributed by atoms with Crippen molar-refractivity contribution in [3.63, 3.8) is 0 Å². The van der Waals surface area contributed by atoms with E-state index in [1.54, 1.807) is 18.2 Å². The Morgan fingerprint density at radius 1 is 0.844 bits per heavy atom. The summed E-state index contributed by atoms with van der Waals surface area (Å²) >= 11 is 0. The van der Waals surface area contributed by atoms with Gasteiger partial charge in [0.15, 0.2) is 12.2 Å². The van der Waals surface area contributed by atoms with Crippen LogP contribution in [0.25, 0.3) is 0 Å². The number of hydrogen-bond donors (Lipinski definition) is 1. The molecule has 1 unspecified atom stereocenters. The summed E-state index contributed by atoms with van der Waals surface area (Å²) < 4.78 is 26.8. The van der Waals surface area contributed by atoms with Gasteiger partial charge in [0.1, 0.15) is 18.8 Å². The molecule has 1 N–H and O–H groups in total. The first kappa shape index (κ1) is 24.8. The quantitative estimate of drug-likeness (QED) is 0.460. The normalized spacial score (nSPS) is 24.6. The molecule has 0 bridgehead atoms. The third-order valence-corrected chi connectivity index (χ3v) is 4.30. The highest BCUT2D eigenvalue weighted by atomic mass is 16.7. The zero-order chi connectivity index (χ0) is 23.8. The van der Waals surface area contributed by atoms with Crippen molar-refractivity contribution in [2.24, 2.45) is 0 Å². The summed E-state index contributed by atoms with van der Waals surface area (Å²) in [5.41, 5.74) is 0.209. The maximum atomic E-state index is 12.6. The van der Waals surface area contributed by atoms with E-state index in [2.05, 4.69) is 5.32 Å². The molecule has 32 heavy (non-hydrogen) atoms. The number of carbonyl (C=O) groups is 5. The summed E-state index contributed by atoms with van der Waals surface area (Å²) in [7, 11) is 0. The average molecular weight is 451 g/mol. The largest absolute Gasteiger partial charge is 0.463 e. The van der Waals surface area contributed by atoms with Crippen LogP contribution in [0.5, 0.6) is 0 Å². The molecule has 1 fully saturated rings. The SMILES string of the molecule is CC(=O)N[C@@H]1C(OC(=O)c2ccccc2)O[C@H](COC(C)=O)[C@@H](OC(C)=O)[C@@H]1OC(C)=O. The Labute approximate surface area is 184 Å². The lowest BCUT2D eigenvalue weighted by Gasteiger charge is -2.44. The molecule has 1 aliphatic rings. The molecule has 0 radical (unpaired) electrons. The van der Waals surface area contributed by atoms with Gasteiger partial charge in [0, 0.05) is 27.7 Å². The van der Waals surface area contributed by atoms with E-state index >= 15 is 0 Å². The average Bonchev–Trinajstić information content (AvgIpc) is 2.70. The zero-order valence-corrected chi connectivity index (χ0v) is 18.1. The van der Waals surface area contributed by atoms with Crippen molar-refractivity contribution in [1.82, 2.24) is 5.32 Å². The summed E-state index contributed by atoms with van der Waals surface area (Å²) in [5, 5.41) is 2.52. The molecule has 0 saturated carbocycles. The summed E-state index contributed by atoms with van der Waals surface area (Å²) in [6, 6.07) is 6.78. The Morgan fingerprint density at radius 2 is 1.44 bits per heavy atom. The fraction of sp³-hybridized carbons (Fsp3) is 0.476. The van der Waals surface area contributed by atoms with Crippen LogP contribution < -0.4 is 5.32 Å². The van der Waals surface area contributed by atoms with Crippen LogP contribution in [0.4, 0.5) is 0 Å². The predicted octanol–water partition coefficient (Wildman–Crippen LogP) is 0.499. The second-order valence-electron chi connectivity index (χ2n) is 6.99. The fourth-order valence-electron chi connectivity index (χ4n) is 3.14. The van der Waals surface area contributed by atoms with E-state index in [0.717, 1.165) is 13.8 Å². The van der Waals surface area contributed by atoms with Crippen molar-refractivity contribution in [3.8, 4) is 0 Å². The number of nitrogens with one attached hydrogen (secondary N) is 1. The van der Waals surface area contributed by atoms with E-state index in [1.807, 2.05) is 0 Å². The van der Waals surface area contributed by atoms with Crippen LogP contribution >= 0.6 is 0 Å². The highest BCUT2D eigenvalue weighted by molar-refractivity contribution is 5.89. The second kappa shape index (κ2) is 11.2. The van der Waals surface area contributed by atoms with Crippen LogP contribution in [0.15, 0.2) is 30.3 Å². The molecule has 0 spiro atoms. The van der Waals surface area contributed by atoms with Crippen LogP contribution in [0, 0.1) is 0 Å². The molecule has 2 rings (SSSR count). The smallest absolute Gasteiger partial charge is 0.340 e. The second-order valence-corrected chi connectivity index (χ2v) is 6.99. The maximum absolute atomic E-state index is 12.6. The molecule has 1 aromatic rings. The molecule has 0 aromatic heterocycles. The highest BCUT2D eigenvalue weighted by Gasteiger charge is 2.52. The lowest BCUT2D eigenvalue weighted by Crippen LogP contribution is -2.66. The van der Waals surface area contributed by atoms with Crippen LogP contribution in [-0.2, 0) is 42.9 Å². The molecule has 1 aromatic carbocycles. The van der Waals surface area contributed by atoms with Crippen molar-refractivity contribution in [2.75, 3.05) is 6.61 Å². The van der Waals surface area contributed by atoms with Crippen molar-refractivity contribution >= 4 is 29.8 Å². The van der Waals surface area contributed by atoms with Gasteiger partial charge in [-0.15, -0.1) is 0 Å².